The molecule has 0 spiro atoms. The Morgan fingerprint density at radius 3 is 1.25 bits per heavy atom. The average molecular weight is 841 g/mol. The van der Waals surface area contributed by atoms with Gasteiger partial charge in [-0.05, 0) is 120 Å². The third-order valence-corrected chi connectivity index (χ3v) is 12.8. The highest BCUT2D eigenvalue weighted by molar-refractivity contribution is 14.1. The lowest BCUT2D eigenvalue weighted by Gasteiger charge is -2.22. The summed E-state index contributed by atoms with van der Waals surface area (Å²) in [4.78, 5) is 0. The zero-order valence-corrected chi connectivity index (χ0v) is 33.9. The number of hydrogen-bond donors (Lipinski definition) is 0. The molecule has 0 saturated carbocycles. The molecule has 0 aliphatic rings. The van der Waals surface area contributed by atoms with E-state index in [1.54, 1.807) is 0 Å². The van der Waals surface area contributed by atoms with Crippen molar-refractivity contribution in [1.82, 2.24) is 0 Å². The molecule has 11 rings (SSSR count). The molecule has 10 aromatic carbocycles. The van der Waals surface area contributed by atoms with Crippen molar-refractivity contribution in [2.75, 3.05) is 0 Å². The van der Waals surface area contributed by atoms with Crippen molar-refractivity contribution < 1.29 is 4.42 Å². The molecule has 0 unspecified atom stereocenters. The highest BCUT2D eigenvalue weighted by Gasteiger charge is 2.21. The number of furan rings is 1. The van der Waals surface area contributed by atoms with Crippen LogP contribution in [0.2, 0.25) is 0 Å². The summed E-state index contributed by atoms with van der Waals surface area (Å²) in [6.07, 6.45) is 0. The fraction of sp³-hybridized carbons (Fsp3) is 0.0545. The topological polar surface area (TPSA) is 13.1 Å². The molecule has 1 heterocycles. The lowest BCUT2D eigenvalue weighted by molar-refractivity contribution is 0.670. The average Bonchev–Trinajstić information content (AvgIpc) is 3.65. The van der Waals surface area contributed by atoms with Crippen LogP contribution in [0.5, 0.6) is 0 Å². The predicted octanol–water partition coefficient (Wildman–Crippen LogP) is 16.4. The first-order valence-electron chi connectivity index (χ1n) is 19.6. The largest absolute Gasteiger partial charge is 0.455 e. The van der Waals surface area contributed by atoms with Gasteiger partial charge in [0.2, 0.25) is 0 Å². The van der Waals surface area contributed by atoms with Crippen LogP contribution in [0.4, 0.5) is 0 Å². The quantitative estimate of drug-likeness (QED) is 0.0923. The van der Waals surface area contributed by atoms with Crippen LogP contribution in [0.1, 0.15) is 16.7 Å². The van der Waals surface area contributed by atoms with E-state index in [1.807, 2.05) is 6.07 Å². The minimum atomic E-state index is 0.917. The number of rotatable bonds is 6. The van der Waals surface area contributed by atoms with Gasteiger partial charge in [-0.2, -0.15) is 0 Å². The van der Waals surface area contributed by atoms with E-state index in [4.69, 9.17) is 4.42 Å². The molecule has 0 amide bonds. The monoisotopic (exact) mass is 840 g/mol. The van der Waals surface area contributed by atoms with Crippen molar-refractivity contribution in [2.24, 2.45) is 0 Å². The second-order valence-electron chi connectivity index (χ2n) is 15.4. The Labute approximate surface area is 345 Å². The van der Waals surface area contributed by atoms with Gasteiger partial charge >= 0.3 is 0 Å². The molecule has 2 heteroatoms. The van der Waals surface area contributed by atoms with Gasteiger partial charge in [-0.25, -0.2) is 0 Å². The number of alkyl halides is 1. The molecule has 1 nitrogen and oxygen atoms in total. The van der Waals surface area contributed by atoms with Crippen LogP contribution in [0.3, 0.4) is 0 Å². The van der Waals surface area contributed by atoms with E-state index < -0.39 is 0 Å². The fourth-order valence-electron chi connectivity index (χ4n) is 8.99. The Morgan fingerprint density at radius 2 is 0.772 bits per heavy atom. The minimum absolute atomic E-state index is 0.917. The Kier molecular flexibility index (Phi) is 8.04. The van der Waals surface area contributed by atoms with Crippen LogP contribution in [-0.4, -0.2) is 0 Å². The fourth-order valence-corrected chi connectivity index (χ4v) is 9.50. The second-order valence-corrected chi connectivity index (χ2v) is 16.2. The number of hydrogen-bond acceptors (Lipinski definition) is 1. The molecule has 0 bridgehead atoms. The molecule has 1 aromatic heterocycles. The first-order chi connectivity index (χ1) is 28.0. The third kappa shape index (κ3) is 5.57. The van der Waals surface area contributed by atoms with Crippen LogP contribution in [0.25, 0.3) is 110 Å². The first-order valence-corrected chi connectivity index (χ1v) is 21.1. The van der Waals surface area contributed by atoms with Crippen LogP contribution in [0.15, 0.2) is 180 Å². The molecule has 0 saturated heterocycles. The van der Waals surface area contributed by atoms with Gasteiger partial charge in [-0.15, -0.1) is 0 Å². The molecule has 57 heavy (non-hydrogen) atoms. The first kappa shape index (κ1) is 34.1. The Morgan fingerprint density at radius 1 is 0.368 bits per heavy atom. The van der Waals surface area contributed by atoms with Crippen molar-refractivity contribution in [2.45, 2.75) is 18.3 Å². The zero-order valence-electron chi connectivity index (χ0n) is 31.7. The van der Waals surface area contributed by atoms with Crippen LogP contribution in [-0.2, 0) is 4.43 Å². The summed E-state index contributed by atoms with van der Waals surface area (Å²) in [7, 11) is 0. The maximum atomic E-state index is 6.45. The highest BCUT2D eigenvalue weighted by atomic mass is 127. The summed E-state index contributed by atoms with van der Waals surface area (Å²) in [5.41, 5.74) is 17.8. The number of aryl methyl sites for hydroxylation is 2. The Balaban J connectivity index is 1.18. The van der Waals surface area contributed by atoms with Crippen LogP contribution in [0, 0.1) is 13.8 Å². The van der Waals surface area contributed by atoms with Gasteiger partial charge in [0.05, 0.1) is 0 Å². The standard InChI is InChI=1S/C55H37IO/c1-33-10-16-37(17-11-33)48-30-50(39-20-14-35(32-56)15-21-39)45-28-29-46-51(31-49(38-18-12-34(2)13-19-38)44-27-26-43(48)53(45)54(44)46)40-24-22-36(23-25-40)41-7-5-8-47-42-6-3-4-9-52(42)57-55(41)47/h3-31H,32H2,1-2H3. The van der Waals surface area contributed by atoms with Crippen molar-refractivity contribution in [3.8, 4) is 55.6 Å². The molecular weight excluding hydrogens is 804 g/mol. The van der Waals surface area contributed by atoms with Gasteiger partial charge < -0.3 is 4.42 Å². The Hall–Kier alpha value is -6.23. The van der Waals surface area contributed by atoms with Crippen molar-refractivity contribution in [1.29, 1.82) is 0 Å². The van der Waals surface area contributed by atoms with E-state index in [9.17, 15) is 0 Å². The van der Waals surface area contributed by atoms with E-state index >= 15 is 0 Å². The van der Waals surface area contributed by atoms with Crippen LogP contribution >= 0.6 is 22.6 Å². The summed E-state index contributed by atoms with van der Waals surface area (Å²) >= 11 is 2.45. The van der Waals surface area contributed by atoms with Crippen molar-refractivity contribution in [3.05, 3.63) is 193 Å². The molecule has 270 valence electrons. The molecule has 0 aliphatic carbocycles. The number of para-hydroxylation sites is 2. The molecule has 0 aliphatic heterocycles. The lowest BCUT2D eigenvalue weighted by atomic mass is 9.81. The summed E-state index contributed by atoms with van der Waals surface area (Å²) in [5.74, 6) is 0. The van der Waals surface area contributed by atoms with E-state index in [2.05, 4.69) is 206 Å². The van der Waals surface area contributed by atoms with Gasteiger partial charge in [-0.3, -0.25) is 0 Å². The minimum Gasteiger partial charge on any atom is -0.455 e. The summed E-state index contributed by atoms with van der Waals surface area (Å²) in [6.45, 7) is 4.32. The summed E-state index contributed by atoms with van der Waals surface area (Å²) < 4.78 is 7.44. The number of fused-ring (bicyclic) bond motifs is 3. The predicted molar refractivity (Wildman–Crippen MR) is 252 cm³/mol. The van der Waals surface area contributed by atoms with Gasteiger partial charge in [0, 0.05) is 20.8 Å². The lowest BCUT2D eigenvalue weighted by Crippen LogP contribution is -1.94. The van der Waals surface area contributed by atoms with Crippen molar-refractivity contribution in [3.63, 3.8) is 0 Å². The second kappa shape index (κ2) is 13.5. The number of benzene rings is 10. The maximum absolute atomic E-state index is 6.45. The molecule has 0 N–H and O–H groups in total. The van der Waals surface area contributed by atoms with Gasteiger partial charge in [-0.1, -0.05) is 191 Å². The molecule has 0 atom stereocenters. The van der Waals surface area contributed by atoms with E-state index in [-0.39, 0.29) is 0 Å². The third-order valence-electron chi connectivity index (χ3n) is 12.0. The molecule has 11 aromatic rings. The SMILES string of the molecule is Cc1ccc(-c2cc(-c3ccc(CI)cc3)c3ccc4c(-c5ccc(-c6cccc7c6oc6ccccc67)cc5)cc(-c5ccc(C)cc5)c5ccc2c3c54)cc1. The highest BCUT2D eigenvalue weighted by Crippen LogP contribution is 2.49. The smallest absolute Gasteiger partial charge is 0.143 e. The van der Waals surface area contributed by atoms with E-state index in [0.717, 1.165) is 37.5 Å². The van der Waals surface area contributed by atoms with E-state index in [1.165, 1.54) is 93.5 Å². The van der Waals surface area contributed by atoms with Gasteiger partial charge in [0.1, 0.15) is 11.2 Å². The number of halogens is 1. The molecule has 0 fully saturated rings. The maximum Gasteiger partial charge on any atom is 0.143 e. The summed E-state index contributed by atoms with van der Waals surface area (Å²) in [5, 5.41) is 10.0. The Bertz CT molecular complexity index is 3300. The molecule has 0 radical (unpaired) electrons. The molecular formula is C55H37IO. The van der Waals surface area contributed by atoms with Gasteiger partial charge in [0.25, 0.3) is 0 Å². The van der Waals surface area contributed by atoms with Gasteiger partial charge in [0.15, 0.2) is 0 Å². The van der Waals surface area contributed by atoms with E-state index in [0.29, 0.717) is 0 Å². The van der Waals surface area contributed by atoms with Crippen LogP contribution < -0.4 is 0 Å². The normalized spacial score (nSPS) is 11.8. The summed E-state index contributed by atoms with van der Waals surface area (Å²) in [6, 6.07) is 65.4. The zero-order chi connectivity index (χ0) is 38.2. The van der Waals surface area contributed by atoms with Crippen molar-refractivity contribution >= 4 is 76.8 Å².